The SMILES string of the molecule is NCC(=O)Nc1ccc(CN)cn1. The molecule has 70 valence electrons. The molecule has 0 unspecified atom stereocenters. The second-order valence-corrected chi connectivity index (χ2v) is 2.51. The van der Waals surface area contributed by atoms with Crippen molar-refractivity contribution >= 4 is 11.7 Å². The van der Waals surface area contributed by atoms with Crippen molar-refractivity contribution in [3.05, 3.63) is 23.9 Å². The lowest BCUT2D eigenvalue weighted by Gasteiger charge is -2.02. The predicted octanol–water partition coefficient (Wildman–Crippen LogP) is -0.563. The van der Waals surface area contributed by atoms with Crippen molar-refractivity contribution in [2.24, 2.45) is 11.5 Å². The van der Waals surface area contributed by atoms with Crippen LogP contribution in [0.5, 0.6) is 0 Å². The highest BCUT2D eigenvalue weighted by atomic mass is 16.1. The van der Waals surface area contributed by atoms with Crippen LogP contribution in [0.15, 0.2) is 18.3 Å². The predicted molar refractivity (Wildman–Crippen MR) is 49.8 cm³/mol. The molecule has 0 saturated heterocycles. The summed E-state index contributed by atoms with van der Waals surface area (Å²) in [6, 6.07) is 3.49. The Morgan fingerprint density at radius 3 is 2.69 bits per heavy atom. The van der Waals surface area contributed by atoms with Gasteiger partial charge in [0.1, 0.15) is 5.82 Å². The first-order chi connectivity index (χ1) is 6.26. The van der Waals surface area contributed by atoms with E-state index in [4.69, 9.17) is 11.5 Å². The number of nitrogens with two attached hydrogens (primary N) is 2. The van der Waals surface area contributed by atoms with Gasteiger partial charge in [0, 0.05) is 12.7 Å². The normalized spacial score (nSPS) is 9.69. The number of carbonyl (C=O) groups excluding carboxylic acids is 1. The van der Waals surface area contributed by atoms with Gasteiger partial charge in [0.15, 0.2) is 0 Å². The van der Waals surface area contributed by atoms with Gasteiger partial charge in [-0.05, 0) is 11.6 Å². The van der Waals surface area contributed by atoms with E-state index in [2.05, 4.69) is 10.3 Å². The quantitative estimate of drug-likeness (QED) is 0.581. The maximum atomic E-state index is 10.8. The van der Waals surface area contributed by atoms with Crippen LogP contribution in [-0.2, 0) is 11.3 Å². The van der Waals surface area contributed by atoms with Gasteiger partial charge in [-0.1, -0.05) is 6.07 Å². The molecular formula is C8H12N4O. The Morgan fingerprint density at radius 1 is 1.46 bits per heavy atom. The van der Waals surface area contributed by atoms with Gasteiger partial charge in [0.25, 0.3) is 0 Å². The van der Waals surface area contributed by atoms with Gasteiger partial charge in [-0.2, -0.15) is 0 Å². The van der Waals surface area contributed by atoms with Gasteiger partial charge < -0.3 is 16.8 Å². The average molecular weight is 180 g/mol. The molecule has 0 aliphatic rings. The average Bonchev–Trinajstić information content (AvgIpc) is 2.19. The number of rotatable bonds is 3. The van der Waals surface area contributed by atoms with Crippen molar-refractivity contribution in [1.82, 2.24) is 4.98 Å². The molecule has 5 N–H and O–H groups in total. The molecule has 0 aliphatic heterocycles. The van der Waals surface area contributed by atoms with Gasteiger partial charge >= 0.3 is 0 Å². The number of amides is 1. The lowest BCUT2D eigenvalue weighted by Crippen LogP contribution is -2.22. The zero-order valence-corrected chi connectivity index (χ0v) is 7.16. The molecule has 1 heterocycles. The van der Waals surface area contributed by atoms with E-state index in [1.54, 1.807) is 18.3 Å². The van der Waals surface area contributed by atoms with Crippen LogP contribution in [0.1, 0.15) is 5.56 Å². The first kappa shape index (κ1) is 9.63. The highest BCUT2D eigenvalue weighted by molar-refractivity contribution is 5.91. The Labute approximate surface area is 76.1 Å². The lowest BCUT2D eigenvalue weighted by molar-refractivity contribution is -0.114. The largest absolute Gasteiger partial charge is 0.326 e. The van der Waals surface area contributed by atoms with Gasteiger partial charge in [-0.15, -0.1) is 0 Å². The summed E-state index contributed by atoms with van der Waals surface area (Å²) in [6.07, 6.45) is 1.62. The third-order valence-corrected chi connectivity index (χ3v) is 1.51. The zero-order chi connectivity index (χ0) is 9.68. The van der Waals surface area contributed by atoms with Crippen LogP contribution in [0.25, 0.3) is 0 Å². The van der Waals surface area contributed by atoms with E-state index in [0.29, 0.717) is 12.4 Å². The Morgan fingerprint density at radius 2 is 2.23 bits per heavy atom. The molecule has 1 aromatic rings. The monoisotopic (exact) mass is 180 g/mol. The van der Waals surface area contributed by atoms with Gasteiger partial charge in [0.05, 0.1) is 6.54 Å². The first-order valence-electron chi connectivity index (χ1n) is 3.91. The van der Waals surface area contributed by atoms with E-state index in [1.807, 2.05) is 0 Å². The molecule has 0 aromatic carbocycles. The molecule has 0 saturated carbocycles. The van der Waals surface area contributed by atoms with Crippen molar-refractivity contribution in [2.75, 3.05) is 11.9 Å². The molecule has 5 heteroatoms. The Balaban J connectivity index is 2.64. The molecular weight excluding hydrogens is 168 g/mol. The van der Waals surface area contributed by atoms with Gasteiger partial charge in [0.2, 0.25) is 5.91 Å². The number of anilines is 1. The molecule has 0 atom stereocenters. The van der Waals surface area contributed by atoms with E-state index in [-0.39, 0.29) is 12.5 Å². The second-order valence-electron chi connectivity index (χ2n) is 2.51. The number of nitrogens with zero attached hydrogens (tertiary/aromatic N) is 1. The fraction of sp³-hybridized carbons (Fsp3) is 0.250. The molecule has 1 amide bonds. The summed E-state index contributed by atoms with van der Waals surface area (Å²) < 4.78 is 0. The fourth-order valence-corrected chi connectivity index (χ4v) is 0.813. The molecule has 0 spiro atoms. The molecule has 0 bridgehead atoms. The van der Waals surface area contributed by atoms with Crippen molar-refractivity contribution in [3.63, 3.8) is 0 Å². The second kappa shape index (κ2) is 4.54. The Kier molecular flexibility index (Phi) is 3.36. The van der Waals surface area contributed by atoms with Crippen LogP contribution in [0.2, 0.25) is 0 Å². The Bertz CT molecular complexity index is 283. The number of hydrogen-bond donors (Lipinski definition) is 3. The van der Waals surface area contributed by atoms with Crippen molar-refractivity contribution < 1.29 is 4.79 Å². The van der Waals surface area contributed by atoms with E-state index >= 15 is 0 Å². The van der Waals surface area contributed by atoms with E-state index in [0.717, 1.165) is 5.56 Å². The zero-order valence-electron chi connectivity index (χ0n) is 7.16. The summed E-state index contributed by atoms with van der Waals surface area (Å²) >= 11 is 0. The van der Waals surface area contributed by atoms with E-state index < -0.39 is 0 Å². The summed E-state index contributed by atoms with van der Waals surface area (Å²) in [4.78, 5) is 14.8. The van der Waals surface area contributed by atoms with Crippen LogP contribution in [0, 0.1) is 0 Å². The number of nitrogens with one attached hydrogen (secondary N) is 1. The van der Waals surface area contributed by atoms with Crippen molar-refractivity contribution in [3.8, 4) is 0 Å². The van der Waals surface area contributed by atoms with Crippen LogP contribution < -0.4 is 16.8 Å². The maximum Gasteiger partial charge on any atom is 0.239 e. The highest BCUT2D eigenvalue weighted by Gasteiger charge is 1.99. The Hall–Kier alpha value is -1.46. The number of pyridine rings is 1. The summed E-state index contributed by atoms with van der Waals surface area (Å²) in [5.74, 6) is 0.237. The van der Waals surface area contributed by atoms with Gasteiger partial charge in [-0.3, -0.25) is 4.79 Å². The van der Waals surface area contributed by atoms with Crippen molar-refractivity contribution in [2.45, 2.75) is 6.54 Å². The third-order valence-electron chi connectivity index (χ3n) is 1.51. The minimum atomic E-state index is -0.256. The fourth-order valence-electron chi connectivity index (χ4n) is 0.813. The maximum absolute atomic E-state index is 10.8. The number of carbonyl (C=O) groups is 1. The highest BCUT2D eigenvalue weighted by Crippen LogP contribution is 2.03. The minimum absolute atomic E-state index is 0.0413. The van der Waals surface area contributed by atoms with Crippen LogP contribution in [-0.4, -0.2) is 17.4 Å². The standard InChI is InChI=1S/C8H12N4O/c9-3-6-1-2-7(11-5-6)12-8(13)4-10/h1-2,5H,3-4,9-10H2,(H,11,12,13). The number of aromatic nitrogens is 1. The topological polar surface area (TPSA) is 94.0 Å². The molecule has 13 heavy (non-hydrogen) atoms. The third kappa shape index (κ3) is 2.81. The van der Waals surface area contributed by atoms with Crippen LogP contribution in [0.4, 0.5) is 5.82 Å². The summed E-state index contributed by atoms with van der Waals surface area (Å²) in [5.41, 5.74) is 11.4. The molecule has 1 rings (SSSR count). The summed E-state index contributed by atoms with van der Waals surface area (Å²) in [7, 11) is 0. The minimum Gasteiger partial charge on any atom is -0.326 e. The smallest absolute Gasteiger partial charge is 0.239 e. The summed E-state index contributed by atoms with van der Waals surface area (Å²) in [6.45, 7) is 0.401. The first-order valence-corrected chi connectivity index (χ1v) is 3.91. The molecule has 0 radical (unpaired) electrons. The van der Waals surface area contributed by atoms with E-state index in [1.165, 1.54) is 0 Å². The van der Waals surface area contributed by atoms with Crippen LogP contribution >= 0.6 is 0 Å². The van der Waals surface area contributed by atoms with Crippen molar-refractivity contribution in [1.29, 1.82) is 0 Å². The molecule has 5 nitrogen and oxygen atoms in total. The van der Waals surface area contributed by atoms with Gasteiger partial charge in [-0.25, -0.2) is 4.98 Å². The number of hydrogen-bond acceptors (Lipinski definition) is 4. The molecule has 0 fully saturated rings. The van der Waals surface area contributed by atoms with E-state index in [9.17, 15) is 4.79 Å². The van der Waals surface area contributed by atoms with Crippen LogP contribution in [0.3, 0.4) is 0 Å². The lowest BCUT2D eigenvalue weighted by atomic mass is 10.3. The molecule has 0 aliphatic carbocycles. The summed E-state index contributed by atoms with van der Waals surface area (Å²) in [5, 5.41) is 2.53. The molecule has 1 aromatic heterocycles.